The molecule has 1 heterocycles. The van der Waals surface area contributed by atoms with Crippen molar-refractivity contribution in [1.82, 2.24) is 10.2 Å². The lowest BCUT2D eigenvalue weighted by Gasteiger charge is -2.38. The Morgan fingerprint density at radius 2 is 2.00 bits per heavy atom. The van der Waals surface area contributed by atoms with E-state index in [-0.39, 0.29) is 16.6 Å². The Hall–Kier alpha value is -2.84. The minimum atomic E-state index is -0.845. The van der Waals surface area contributed by atoms with Crippen LogP contribution in [0.4, 0.5) is 10.1 Å². The van der Waals surface area contributed by atoms with Gasteiger partial charge in [0.05, 0.1) is 31.5 Å². The van der Waals surface area contributed by atoms with Gasteiger partial charge in [0.2, 0.25) is 0 Å². The average Bonchev–Trinajstić information content (AvgIpc) is 3.58. The van der Waals surface area contributed by atoms with Crippen LogP contribution in [0.15, 0.2) is 47.7 Å². The van der Waals surface area contributed by atoms with Crippen molar-refractivity contribution < 1.29 is 18.7 Å². The molecule has 2 aromatic carbocycles. The first-order valence-corrected chi connectivity index (χ1v) is 10.9. The third kappa shape index (κ3) is 4.12. The zero-order chi connectivity index (χ0) is 23.0. The summed E-state index contributed by atoms with van der Waals surface area (Å²) in [6.07, 6.45) is 1.95. The molecule has 168 valence electrons. The molecule has 0 aromatic heterocycles. The number of methoxy groups -OCH3 is 2. The number of amides is 1. The summed E-state index contributed by atoms with van der Waals surface area (Å²) in [4.78, 5) is 15.5. The SMILES string of the molecule is COc1ccc(OC)c(NC(=O)C2=C(C)N(C3CC3)C(=S)NC2c2c(F)cccc2Cl)c1. The molecular weight excluding hydrogens is 453 g/mol. The Morgan fingerprint density at radius 3 is 2.62 bits per heavy atom. The predicted octanol–water partition coefficient (Wildman–Crippen LogP) is 4.80. The fourth-order valence-electron chi connectivity index (χ4n) is 3.93. The van der Waals surface area contributed by atoms with Crippen LogP contribution in [0.25, 0.3) is 0 Å². The summed E-state index contributed by atoms with van der Waals surface area (Å²) < 4.78 is 25.5. The molecule has 1 unspecified atom stereocenters. The Morgan fingerprint density at radius 1 is 1.25 bits per heavy atom. The lowest BCUT2D eigenvalue weighted by atomic mass is 9.93. The maximum Gasteiger partial charge on any atom is 0.255 e. The van der Waals surface area contributed by atoms with Gasteiger partial charge in [0.15, 0.2) is 5.11 Å². The lowest BCUT2D eigenvalue weighted by Crippen LogP contribution is -2.49. The second-order valence-corrected chi connectivity index (χ2v) is 8.43. The maximum absolute atomic E-state index is 14.9. The van der Waals surface area contributed by atoms with Crippen molar-refractivity contribution in [2.45, 2.75) is 31.8 Å². The average molecular weight is 476 g/mol. The lowest BCUT2D eigenvalue weighted by molar-refractivity contribution is -0.113. The number of carbonyl (C=O) groups is 1. The van der Waals surface area contributed by atoms with E-state index in [4.69, 9.17) is 33.3 Å². The molecule has 2 aliphatic rings. The summed E-state index contributed by atoms with van der Waals surface area (Å²) in [6, 6.07) is 8.91. The fraction of sp³-hybridized carbons (Fsp3) is 0.304. The molecule has 1 fully saturated rings. The first kappa shape index (κ1) is 22.4. The first-order valence-electron chi connectivity index (χ1n) is 10.1. The van der Waals surface area contributed by atoms with Crippen molar-refractivity contribution in [2.75, 3.05) is 19.5 Å². The molecule has 1 aliphatic heterocycles. The second-order valence-electron chi connectivity index (χ2n) is 7.64. The van der Waals surface area contributed by atoms with Crippen LogP contribution >= 0.6 is 23.8 Å². The highest BCUT2D eigenvalue weighted by Crippen LogP contribution is 2.41. The Kier molecular flexibility index (Phi) is 6.26. The van der Waals surface area contributed by atoms with E-state index < -0.39 is 17.8 Å². The van der Waals surface area contributed by atoms with Crippen LogP contribution in [0.2, 0.25) is 5.02 Å². The minimum Gasteiger partial charge on any atom is -0.497 e. The van der Waals surface area contributed by atoms with Gasteiger partial charge in [0.25, 0.3) is 5.91 Å². The highest BCUT2D eigenvalue weighted by Gasteiger charge is 2.41. The zero-order valence-electron chi connectivity index (χ0n) is 17.9. The summed E-state index contributed by atoms with van der Waals surface area (Å²) in [5.41, 5.74) is 1.61. The predicted molar refractivity (Wildman–Crippen MR) is 126 cm³/mol. The van der Waals surface area contributed by atoms with E-state index in [1.54, 1.807) is 24.3 Å². The van der Waals surface area contributed by atoms with Gasteiger partial charge in [-0.05, 0) is 56.2 Å². The van der Waals surface area contributed by atoms with Gasteiger partial charge in [-0.25, -0.2) is 4.39 Å². The third-order valence-corrected chi connectivity index (χ3v) is 6.27. The Labute approximate surface area is 196 Å². The van der Waals surface area contributed by atoms with Crippen LogP contribution in [0.3, 0.4) is 0 Å². The molecule has 0 spiro atoms. The molecule has 1 amide bonds. The van der Waals surface area contributed by atoms with Gasteiger partial charge >= 0.3 is 0 Å². The van der Waals surface area contributed by atoms with Gasteiger partial charge in [0.1, 0.15) is 17.3 Å². The van der Waals surface area contributed by atoms with Crippen LogP contribution in [-0.4, -0.2) is 36.2 Å². The number of ether oxygens (including phenoxy) is 2. The second kappa shape index (κ2) is 8.96. The van der Waals surface area contributed by atoms with E-state index in [0.29, 0.717) is 33.6 Å². The molecular formula is C23H23ClFN3O3S. The fourth-order valence-corrected chi connectivity index (χ4v) is 4.60. The number of carbonyl (C=O) groups excluding carboxylic acids is 1. The summed E-state index contributed by atoms with van der Waals surface area (Å²) in [7, 11) is 3.05. The summed E-state index contributed by atoms with van der Waals surface area (Å²) in [5, 5.41) is 6.69. The number of benzene rings is 2. The quantitative estimate of drug-likeness (QED) is 0.585. The summed E-state index contributed by atoms with van der Waals surface area (Å²) in [6.45, 7) is 1.82. The van der Waals surface area contributed by atoms with Crippen molar-refractivity contribution in [1.29, 1.82) is 0 Å². The highest BCUT2D eigenvalue weighted by molar-refractivity contribution is 7.80. The standard InChI is InChI=1S/C23H23ClFN3O3S/c1-12-19(22(29)26-17-11-14(30-2)9-10-18(17)31-3)21(20-15(24)5-4-6-16(20)25)27-23(32)28(12)13-7-8-13/h4-6,9-11,13,21H,7-8H2,1-3H3,(H,26,29)(H,27,32). The minimum absolute atomic E-state index is 0.175. The van der Waals surface area contributed by atoms with E-state index in [1.165, 1.54) is 26.4 Å². The molecule has 1 atom stereocenters. The van der Waals surface area contributed by atoms with Gasteiger partial charge in [-0.2, -0.15) is 0 Å². The zero-order valence-corrected chi connectivity index (χ0v) is 19.4. The summed E-state index contributed by atoms with van der Waals surface area (Å²) >= 11 is 11.9. The number of rotatable bonds is 6. The van der Waals surface area contributed by atoms with Crippen molar-refractivity contribution in [2.24, 2.45) is 0 Å². The van der Waals surface area contributed by atoms with E-state index in [2.05, 4.69) is 10.6 Å². The number of allylic oxidation sites excluding steroid dienone is 1. The topological polar surface area (TPSA) is 62.8 Å². The normalized spacial score (nSPS) is 18.3. The van der Waals surface area contributed by atoms with E-state index >= 15 is 0 Å². The highest BCUT2D eigenvalue weighted by atomic mass is 35.5. The molecule has 6 nitrogen and oxygen atoms in total. The van der Waals surface area contributed by atoms with Crippen molar-refractivity contribution in [3.05, 3.63) is 64.1 Å². The van der Waals surface area contributed by atoms with Crippen molar-refractivity contribution in [3.63, 3.8) is 0 Å². The van der Waals surface area contributed by atoms with Gasteiger partial charge < -0.3 is 25.0 Å². The molecule has 0 bridgehead atoms. The first-order chi connectivity index (χ1) is 15.3. The van der Waals surface area contributed by atoms with E-state index in [1.807, 2.05) is 11.8 Å². The van der Waals surface area contributed by atoms with Crippen molar-refractivity contribution >= 4 is 40.5 Å². The summed E-state index contributed by atoms with van der Waals surface area (Å²) in [5.74, 6) is 0.0908. The Balaban J connectivity index is 1.80. The molecule has 9 heteroatoms. The molecule has 2 aromatic rings. The number of nitrogens with one attached hydrogen (secondary N) is 2. The van der Waals surface area contributed by atoms with Crippen LogP contribution in [0.5, 0.6) is 11.5 Å². The molecule has 1 saturated carbocycles. The molecule has 2 N–H and O–H groups in total. The van der Waals surface area contributed by atoms with Gasteiger partial charge in [-0.3, -0.25) is 4.79 Å². The maximum atomic E-state index is 14.9. The van der Waals surface area contributed by atoms with E-state index in [0.717, 1.165) is 12.8 Å². The third-order valence-electron chi connectivity index (χ3n) is 5.63. The molecule has 4 rings (SSSR count). The van der Waals surface area contributed by atoms with Crippen LogP contribution in [-0.2, 0) is 4.79 Å². The van der Waals surface area contributed by atoms with Crippen LogP contribution < -0.4 is 20.1 Å². The molecule has 0 saturated heterocycles. The number of hydrogen-bond donors (Lipinski definition) is 2. The number of hydrogen-bond acceptors (Lipinski definition) is 4. The number of anilines is 1. The number of thiocarbonyl (C=S) groups is 1. The Bertz CT molecular complexity index is 1100. The van der Waals surface area contributed by atoms with Crippen LogP contribution in [0, 0.1) is 5.82 Å². The van der Waals surface area contributed by atoms with Gasteiger partial charge in [-0.15, -0.1) is 0 Å². The molecule has 32 heavy (non-hydrogen) atoms. The van der Waals surface area contributed by atoms with Crippen LogP contribution in [0.1, 0.15) is 31.4 Å². The number of nitrogens with zero attached hydrogens (tertiary/aromatic N) is 1. The van der Waals surface area contributed by atoms with Gasteiger partial charge in [0, 0.05) is 28.4 Å². The molecule has 0 radical (unpaired) electrons. The van der Waals surface area contributed by atoms with Gasteiger partial charge in [-0.1, -0.05) is 17.7 Å². The largest absolute Gasteiger partial charge is 0.497 e. The monoisotopic (exact) mass is 475 g/mol. The smallest absolute Gasteiger partial charge is 0.255 e. The van der Waals surface area contributed by atoms with E-state index in [9.17, 15) is 9.18 Å². The number of halogens is 2. The molecule has 1 aliphatic carbocycles. The van der Waals surface area contributed by atoms with Crippen molar-refractivity contribution in [3.8, 4) is 11.5 Å².